The van der Waals surface area contributed by atoms with E-state index in [4.69, 9.17) is 5.11 Å². The number of nitrogens with one attached hydrogen (secondary N) is 2. The Morgan fingerprint density at radius 3 is 2.75 bits per heavy atom. The summed E-state index contributed by atoms with van der Waals surface area (Å²) in [6, 6.07) is 7.27. The van der Waals surface area contributed by atoms with E-state index in [0.29, 0.717) is 18.5 Å². The Kier molecular flexibility index (Phi) is 6.56. The van der Waals surface area contributed by atoms with Crippen molar-refractivity contribution in [3.63, 3.8) is 0 Å². The molecule has 1 rings (SSSR count). The van der Waals surface area contributed by atoms with Gasteiger partial charge >= 0.3 is 5.97 Å². The lowest BCUT2D eigenvalue weighted by Gasteiger charge is -2.15. The number of carboxylic acid groups (broad SMARTS) is 1. The molecule has 0 saturated carbocycles. The number of carboxylic acids is 1. The summed E-state index contributed by atoms with van der Waals surface area (Å²) in [4.78, 5) is 22.4. The Labute approximate surface area is 119 Å². The van der Waals surface area contributed by atoms with E-state index in [9.17, 15) is 9.59 Å². The Bertz CT molecular complexity index is 460. The molecular formula is C15H22N2O3. The van der Waals surface area contributed by atoms with E-state index in [2.05, 4.69) is 10.6 Å². The van der Waals surface area contributed by atoms with Crippen LogP contribution in [-0.2, 0) is 4.79 Å². The van der Waals surface area contributed by atoms with E-state index in [1.807, 2.05) is 26.0 Å². The average Bonchev–Trinajstić information content (AvgIpc) is 2.42. The third-order valence-corrected chi connectivity index (χ3v) is 2.86. The van der Waals surface area contributed by atoms with Crippen LogP contribution in [0, 0.1) is 0 Å². The van der Waals surface area contributed by atoms with Gasteiger partial charge in [0.2, 0.25) is 0 Å². The lowest BCUT2D eigenvalue weighted by Crippen LogP contribution is -2.24. The second-order valence-electron chi connectivity index (χ2n) is 4.81. The van der Waals surface area contributed by atoms with Gasteiger partial charge in [0.05, 0.1) is 0 Å². The van der Waals surface area contributed by atoms with Gasteiger partial charge in [0.25, 0.3) is 5.91 Å². The van der Waals surface area contributed by atoms with E-state index >= 15 is 0 Å². The van der Waals surface area contributed by atoms with Crippen molar-refractivity contribution in [3.8, 4) is 0 Å². The van der Waals surface area contributed by atoms with Crippen molar-refractivity contribution in [2.75, 3.05) is 11.9 Å². The first-order valence-electron chi connectivity index (χ1n) is 6.89. The number of hydrogen-bond donors (Lipinski definition) is 3. The molecule has 3 N–H and O–H groups in total. The van der Waals surface area contributed by atoms with Crippen LogP contribution in [0.3, 0.4) is 0 Å². The molecule has 0 aliphatic rings. The maximum absolute atomic E-state index is 11.8. The molecule has 0 spiro atoms. The summed E-state index contributed by atoms with van der Waals surface area (Å²) >= 11 is 0. The minimum atomic E-state index is -0.800. The van der Waals surface area contributed by atoms with Gasteiger partial charge in [0.15, 0.2) is 0 Å². The first kappa shape index (κ1) is 16.0. The second kappa shape index (κ2) is 8.19. The van der Waals surface area contributed by atoms with Crippen LogP contribution < -0.4 is 10.6 Å². The number of rotatable bonds is 8. The van der Waals surface area contributed by atoms with Gasteiger partial charge in [0.1, 0.15) is 0 Å². The zero-order valence-corrected chi connectivity index (χ0v) is 12.0. The van der Waals surface area contributed by atoms with Gasteiger partial charge in [0, 0.05) is 30.3 Å². The Morgan fingerprint density at radius 1 is 1.35 bits per heavy atom. The molecule has 0 aromatic heterocycles. The maximum atomic E-state index is 11.8. The van der Waals surface area contributed by atoms with Crippen LogP contribution in [0.1, 0.15) is 43.5 Å². The molecule has 110 valence electrons. The number of anilines is 1. The van der Waals surface area contributed by atoms with Crippen LogP contribution in [0.2, 0.25) is 0 Å². The summed E-state index contributed by atoms with van der Waals surface area (Å²) in [6.45, 7) is 4.58. The summed E-state index contributed by atoms with van der Waals surface area (Å²) in [5.41, 5.74) is 1.43. The highest BCUT2D eigenvalue weighted by Crippen LogP contribution is 2.13. The first-order chi connectivity index (χ1) is 9.52. The van der Waals surface area contributed by atoms with Crippen LogP contribution in [0.15, 0.2) is 24.3 Å². The molecule has 0 saturated heterocycles. The highest BCUT2D eigenvalue weighted by Gasteiger charge is 2.08. The van der Waals surface area contributed by atoms with Gasteiger partial charge in [-0.15, -0.1) is 0 Å². The largest absolute Gasteiger partial charge is 0.481 e. The number of amides is 1. The van der Waals surface area contributed by atoms with Crippen LogP contribution in [0.25, 0.3) is 0 Å². The fourth-order valence-corrected chi connectivity index (χ4v) is 1.79. The highest BCUT2D eigenvalue weighted by molar-refractivity contribution is 5.95. The molecular weight excluding hydrogens is 256 g/mol. The van der Waals surface area contributed by atoms with Gasteiger partial charge in [-0.3, -0.25) is 9.59 Å². The van der Waals surface area contributed by atoms with Crippen molar-refractivity contribution in [1.29, 1.82) is 0 Å². The SMILES string of the molecule is CCCNC(=O)c1cccc(NC(C)CCC(=O)O)c1. The Balaban J connectivity index is 2.59. The van der Waals surface area contributed by atoms with Gasteiger partial charge in [-0.2, -0.15) is 0 Å². The molecule has 20 heavy (non-hydrogen) atoms. The molecule has 1 atom stereocenters. The summed E-state index contributed by atoms with van der Waals surface area (Å²) in [7, 11) is 0. The normalized spacial score (nSPS) is 11.7. The average molecular weight is 278 g/mol. The zero-order valence-electron chi connectivity index (χ0n) is 12.0. The molecule has 0 radical (unpaired) electrons. The van der Waals surface area contributed by atoms with Crippen molar-refractivity contribution < 1.29 is 14.7 Å². The summed E-state index contributed by atoms with van der Waals surface area (Å²) in [5.74, 6) is -0.889. The maximum Gasteiger partial charge on any atom is 0.303 e. The molecule has 5 heteroatoms. The molecule has 0 fully saturated rings. The lowest BCUT2D eigenvalue weighted by atomic mass is 10.1. The van der Waals surface area contributed by atoms with Crippen molar-refractivity contribution in [2.45, 2.75) is 39.2 Å². The molecule has 0 heterocycles. The molecule has 1 unspecified atom stereocenters. The fraction of sp³-hybridized carbons (Fsp3) is 0.467. The second-order valence-corrected chi connectivity index (χ2v) is 4.81. The Morgan fingerprint density at radius 2 is 2.10 bits per heavy atom. The summed E-state index contributed by atoms with van der Waals surface area (Å²) in [6.07, 6.45) is 1.57. The minimum Gasteiger partial charge on any atom is -0.481 e. The van der Waals surface area contributed by atoms with Crippen LogP contribution in [0.5, 0.6) is 0 Å². The first-order valence-corrected chi connectivity index (χ1v) is 6.89. The standard InChI is InChI=1S/C15H22N2O3/c1-3-9-16-15(20)12-5-4-6-13(10-12)17-11(2)7-8-14(18)19/h4-6,10-11,17H,3,7-9H2,1-2H3,(H,16,20)(H,18,19). The molecule has 0 aliphatic carbocycles. The van der Waals surface area contributed by atoms with Crippen molar-refractivity contribution in [1.82, 2.24) is 5.32 Å². The predicted octanol–water partition coefficient (Wildman–Crippen LogP) is 2.49. The van der Waals surface area contributed by atoms with Gasteiger partial charge in [-0.1, -0.05) is 13.0 Å². The van der Waals surface area contributed by atoms with Gasteiger partial charge in [-0.05, 0) is 38.0 Å². The van der Waals surface area contributed by atoms with E-state index in [1.54, 1.807) is 12.1 Å². The van der Waals surface area contributed by atoms with Gasteiger partial charge in [-0.25, -0.2) is 0 Å². The molecule has 0 bridgehead atoms. The number of carbonyl (C=O) groups is 2. The van der Waals surface area contributed by atoms with Crippen LogP contribution in [-0.4, -0.2) is 29.6 Å². The fourth-order valence-electron chi connectivity index (χ4n) is 1.79. The molecule has 5 nitrogen and oxygen atoms in total. The minimum absolute atomic E-state index is 0.0417. The third kappa shape index (κ3) is 5.73. The molecule has 1 aromatic carbocycles. The van der Waals surface area contributed by atoms with E-state index in [1.165, 1.54) is 0 Å². The van der Waals surface area contributed by atoms with Crippen LogP contribution in [0.4, 0.5) is 5.69 Å². The lowest BCUT2D eigenvalue weighted by molar-refractivity contribution is -0.137. The zero-order chi connectivity index (χ0) is 15.0. The van der Waals surface area contributed by atoms with Crippen molar-refractivity contribution >= 4 is 17.6 Å². The topological polar surface area (TPSA) is 78.4 Å². The summed E-state index contributed by atoms with van der Waals surface area (Å²) < 4.78 is 0. The quantitative estimate of drug-likeness (QED) is 0.682. The highest BCUT2D eigenvalue weighted by atomic mass is 16.4. The predicted molar refractivity (Wildman–Crippen MR) is 79.0 cm³/mol. The van der Waals surface area contributed by atoms with E-state index in [0.717, 1.165) is 12.1 Å². The summed E-state index contributed by atoms with van der Waals surface area (Å²) in [5, 5.41) is 14.7. The number of aliphatic carboxylic acids is 1. The smallest absolute Gasteiger partial charge is 0.303 e. The monoisotopic (exact) mass is 278 g/mol. The number of benzene rings is 1. The third-order valence-electron chi connectivity index (χ3n) is 2.86. The number of hydrogen-bond acceptors (Lipinski definition) is 3. The number of carbonyl (C=O) groups excluding carboxylic acids is 1. The molecule has 1 amide bonds. The van der Waals surface area contributed by atoms with Crippen LogP contribution >= 0.6 is 0 Å². The molecule has 1 aromatic rings. The van der Waals surface area contributed by atoms with Gasteiger partial charge < -0.3 is 15.7 Å². The van der Waals surface area contributed by atoms with E-state index < -0.39 is 5.97 Å². The Hall–Kier alpha value is -2.04. The van der Waals surface area contributed by atoms with E-state index in [-0.39, 0.29) is 18.4 Å². The molecule has 0 aliphatic heterocycles. The van der Waals surface area contributed by atoms with Crippen molar-refractivity contribution in [3.05, 3.63) is 29.8 Å². The van der Waals surface area contributed by atoms with Crippen molar-refractivity contribution in [2.24, 2.45) is 0 Å².